The highest BCUT2D eigenvalue weighted by atomic mass is 32.2. The van der Waals surface area contributed by atoms with Crippen molar-refractivity contribution in [2.24, 2.45) is 0 Å². The highest BCUT2D eigenvalue weighted by Crippen LogP contribution is 2.30. The first kappa shape index (κ1) is 16.6. The number of amides is 2. The zero-order chi connectivity index (χ0) is 18.3. The van der Waals surface area contributed by atoms with E-state index in [1.807, 2.05) is 0 Å². The summed E-state index contributed by atoms with van der Waals surface area (Å²) in [6.45, 7) is 1.56. The number of nitrogens with zero attached hydrogens (tertiary/aromatic N) is 2. The molecule has 26 heavy (non-hydrogen) atoms. The highest BCUT2D eigenvalue weighted by Gasteiger charge is 2.30. The van der Waals surface area contributed by atoms with Crippen molar-refractivity contribution in [3.05, 3.63) is 58.9 Å². The van der Waals surface area contributed by atoms with Crippen LogP contribution >= 0.6 is 0 Å². The van der Waals surface area contributed by atoms with Gasteiger partial charge in [-0.1, -0.05) is 6.07 Å². The highest BCUT2D eigenvalue weighted by molar-refractivity contribution is 7.94. The molecule has 0 radical (unpaired) electrons. The van der Waals surface area contributed by atoms with Crippen molar-refractivity contribution in [2.45, 2.75) is 4.90 Å². The number of sulfone groups is 1. The van der Waals surface area contributed by atoms with Crippen molar-refractivity contribution >= 4 is 27.7 Å². The first-order valence-electron chi connectivity index (χ1n) is 8.15. The lowest BCUT2D eigenvalue weighted by Gasteiger charge is -2.34. The van der Waals surface area contributed by atoms with E-state index in [2.05, 4.69) is 0 Å². The Morgan fingerprint density at radius 2 is 1.62 bits per heavy atom. The second kappa shape index (κ2) is 6.14. The molecule has 0 unspecified atom stereocenters. The van der Waals surface area contributed by atoms with Gasteiger partial charge in [-0.05, 0) is 30.3 Å². The summed E-state index contributed by atoms with van der Waals surface area (Å²) in [5, 5.41) is 1.12. The van der Waals surface area contributed by atoms with Crippen LogP contribution in [-0.4, -0.2) is 56.2 Å². The molecule has 1 saturated heterocycles. The van der Waals surface area contributed by atoms with Gasteiger partial charge in [0, 0.05) is 42.7 Å². The maximum atomic E-state index is 12.9. The molecule has 0 aliphatic carbocycles. The molecular formula is C18H16N2O5S. The standard InChI is InChI=1S/C18H16N2O5S/c21-17(14-3-1-5-16-13(14)6-12-26(16,23)24)19-7-9-20(10-8-19)18(22)15-4-2-11-25-15/h1-6,11-12H,7-10H2. The number of carbonyl (C=O) groups is 2. The van der Waals surface area contributed by atoms with Gasteiger partial charge in [0.2, 0.25) is 0 Å². The van der Waals surface area contributed by atoms with E-state index in [9.17, 15) is 18.0 Å². The molecule has 3 heterocycles. The fraction of sp³-hybridized carbons (Fsp3) is 0.222. The zero-order valence-corrected chi connectivity index (χ0v) is 14.6. The molecule has 0 atom stereocenters. The predicted octanol–water partition coefficient (Wildman–Crippen LogP) is 1.64. The minimum Gasteiger partial charge on any atom is -0.459 e. The first-order valence-corrected chi connectivity index (χ1v) is 9.70. The average molecular weight is 372 g/mol. The molecule has 0 spiro atoms. The molecule has 2 aliphatic rings. The number of hydrogen-bond acceptors (Lipinski definition) is 5. The first-order chi connectivity index (χ1) is 12.5. The van der Waals surface area contributed by atoms with Crippen LogP contribution in [0.3, 0.4) is 0 Å². The van der Waals surface area contributed by atoms with Crippen LogP contribution < -0.4 is 0 Å². The molecular weight excluding hydrogens is 356 g/mol. The monoisotopic (exact) mass is 372 g/mol. The van der Waals surface area contributed by atoms with Crippen molar-refractivity contribution in [3.8, 4) is 0 Å². The van der Waals surface area contributed by atoms with E-state index in [-0.39, 0.29) is 22.5 Å². The summed E-state index contributed by atoms with van der Waals surface area (Å²) in [7, 11) is -3.45. The van der Waals surface area contributed by atoms with Crippen LogP contribution in [0.2, 0.25) is 0 Å². The Kier molecular flexibility index (Phi) is 3.91. The van der Waals surface area contributed by atoms with E-state index < -0.39 is 9.84 Å². The number of fused-ring (bicyclic) bond motifs is 1. The third-order valence-corrected chi connectivity index (χ3v) is 6.07. The summed E-state index contributed by atoms with van der Waals surface area (Å²) >= 11 is 0. The minimum atomic E-state index is -3.45. The summed E-state index contributed by atoms with van der Waals surface area (Å²) < 4.78 is 29.1. The Morgan fingerprint density at radius 3 is 2.27 bits per heavy atom. The molecule has 1 fully saturated rings. The Hall–Kier alpha value is -2.87. The predicted molar refractivity (Wildman–Crippen MR) is 93.2 cm³/mol. The fourth-order valence-corrected chi connectivity index (χ4v) is 4.44. The number of furan rings is 1. The molecule has 7 nitrogen and oxygen atoms in total. The molecule has 2 aromatic rings. The van der Waals surface area contributed by atoms with E-state index in [1.54, 1.807) is 34.1 Å². The Balaban J connectivity index is 1.49. The number of piperazine rings is 1. The van der Waals surface area contributed by atoms with Gasteiger partial charge in [0.25, 0.3) is 11.8 Å². The van der Waals surface area contributed by atoms with Crippen LogP contribution in [0.25, 0.3) is 6.08 Å². The number of carbonyl (C=O) groups excluding carboxylic acids is 2. The molecule has 2 amide bonds. The summed E-state index contributed by atoms with van der Waals surface area (Å²) in [5.74, 6) is -0.147. The topological polar surface area (TPSA) is 87.9 Å². The van der Waals surface area contributed by atoms with E-state index in [4.69, 9.17) is 4.42 Å². The third-order valence-electron chi connectivity index (χ3n) is 4.60. The third kappa shape index (κ3) is 2.72. The van der Waals surface area contributed by atoms with Crippen molar-refractivity contribution < 1.29 is 22.4 Å². The molecule has 0 bridgehead atoms. The largest absolute Gasteiger partial charge is 0.459 e. The van der Waals surface area contributed by atoms with E-state index >= 15 is 0 Å². The molecule has 2 aliphatic heterocycles. The molecule has 1 aromatic heterocycles. The molecule has 4 rings (SSSR count). The lowest BCUT2D eigenvalue weighted by atomic mass is 10.1. The maximum absolute atomic E-state index is 12.9. The van der Waals surface area contributed by atoms with Gasteiger partial charge in [0.15, 0.2) is 15.6 Å². The lowest BCUT2D eigenvalue weighted by Crippen LogP contribution is -2.50. The summed E-state index contributed by atoms with van der Waals surface area (Å²) in [6, 6.07) is 7.98. The van der Waals surface area contributed by atoms with Gasteiger partial charge in [0.1, 0.15) is 0 Å². The Morgan fingerprint density at radius 1 is 0.923 bits per heavy atom. The van der Waals surface area contributed by atoms with Gasteiger partial charge in [-0.25, -0.2) is 8.42 Å². The van der Waals surface area contributed by atoms with Crippen molar-refractivity contribution in [3.63, 3.8) is 0 Å². The minimum absolute atomic E-state index is 0.162. The van der Waals surface area contributed by atoms with E-state index in [0.29, 0.717) is 37.3 Å². The van der Waals surface area contributed by atoms with Crippen LogP contribution in [0.4, 0.5) is 0 Å². The van der Waals surface area contributed by atoms with Crippen molar-refractivity contribution in [1.82, 2.24) is 9.80 Å². The molecule has 1 aromatic carbocycles. The second-order valence-electron chi connectivity index (χ2n) is 6.13. The van der Waals surface area contributed by atoms with Crippen LogP contribution in [0, 0.1) is 0 Å². The number of hydrogen-bond donors (Lipinski definition) is 0. The number of rotatable bonds is 2. The van der Waals surface area contributed by atoms with Gasteiger partial charge in [-0.2, -0.15) is 0 Å². The Bertz CT molecular complexity index is 1000. The molecule has 0 N–H and O–H groups in total. The van der Waals surface area contributed by atoms with E-state index in [0.717, 1.165) is 5.41 Å². The molecule has 0 saturated carbocycles. The number of benzene rings is 1. The van der Waals surface area contributed by atoms with Crippen molar-refractivity contribution in [2.75, 3.05) is 26.2 Å². The molecule has 8 heteroatoms. The normalized spacial score (nSPS) is 18.0. The summed E-state index contributed by atoms with van der Waals surface area (Å²) in [5.41, 5.74) is 0.803. The van der Waals surface area contributed by atoms with Gasteiger partial charge >= 0.3 is 0 Å². The van der Waals surface area contributed by atoms with Gasteiger partial charge in [-0.15, -0.1) is 0 Å². The smallest absolute Gasteiger partial charge is 0.289 e. The summed E-state index contributed by atoms with van der Waals surface area (Å²) in [6.07, 6.45) is 2.92. The maximum Gasteiger partial charge on any atom is 0.289 e. The zero-order valence-electron chi connectivity index (χ0n) is 13.8. The summed E-state index contributed by atoms with van der Waals surface area (Å²) in [4.78, 5) is 28.6. The second-order valence-corrected chi connectivity index (χ2v) is 7.93. The lowest BCUT2D eigenvalue weighted by molar-refractivity contribution is 0.0518. The molecule has 134 valence electrons. The fourth-order valence-electron chi connectivity index (χ4n) is 3.22. The van der Waals surface area contributed by atoms with Crippen LogP contribution in [0.5, 0.6) is 0 Å². The Labute approximate surface area is 150 Å². The SMILES string of the molecule is O=C(c1ccco1)N1CCN(C(=O)c2cccc3c2C=CS3(=O)=O)CC1. The quantitative estimate of drug-likeness (QED) is 0.800. The van der Waals surface area contributed by atoms with Crippen molar-refractivity contribution in [1.29, 1.82) is 0 Å². The van der Waals surface area contributed by atoms with Crippen LogP contribution in [0.1, 0.15) is 26.5 Å². The van der Waals surface area contributed by atoms with Gasteiger partial charge in [0.05, 0.1) is 11.2 Å². The average Bonchev–Trinajstić information content (AvgIpc) is 3.29. The van der Waals surface area contributed by atoms with Gasteiger partial charge < -0.3 is 14.2 Å². The van der Waals surface area contributed by atoms with E-state index in [1.165, 1.54) is 18.4 Å². The van der Waals surface area contributed by atoms with Crippen LogP contribution in [-0.2, 0) is 9.84 Å². The van der Waals surface area contributed by atoms with Crippen LogP contribution in [0.15, 0.2) is 51.3 Å². The van der Waals surface area contributed by atoms with Gasteiger partial charge in [-0.3, -0.25) is 9.59 Å².